The van der Waals surface area contributed by atoms with Crippen LogP contribution >= 0.6 is 34.5 Å². The molecule has 1 heterocycles. The Morgan fingerprint density at radius 2 is 1.67 bits per heavy atom. The fourth-order valence-electron chi connectivity index (χ4n) is 2.34. The number of rotatable bonds is 7. The van der Waals surface area contributed by atoms with Crippen molar-refractivity contribution in [1.82, 2.24) is 5.32 Å². The van der Waals surface area contributed by atoms with Crippen LogP contribution in [0.25, 0.3) is 0 Å². The molecule has 5 heteroatoms. The van der Waals surface area contributed by atoms with E-state index < -0.39 is 0 Å². The third-order valence-corrected chi connectivity index (χ3v) is 5.19. The molecule has 3 aromatic rings. The lowest BCUT2D eigenvalue weighted by Gasteiger charge is -2.13. The van der Waals surface area contributed by atoms with Gasteiger partial charge in [0.05, 0.1) is 0 Å². The average molecular weight is 378 g/mol. The largest absolute Gasteiger partial charge is 0.488 e. The van der Waals surface area contributed by atoms with E-state index in [0.29, 0.717) is 16.7 Å². The SMILES string of the molecule is Clc1cccc(Cl)c1COc1ccccc1CNCc1cccs1. The van der Waals surface area contributed by atoms with Crippen LogP contribution in [0.1, 0.15) is 16.0 Å². The van der Waals surface area contributed by atoms with Crippen LogP contribution in [0.15, 0.2) is 60.0 Å². The lowest BCUT2D eigenvalue weighted by atomic mass is 10.2. The van der Waals surface area contributed by atoms with E-state index in [1.54, 1.807) is 11.3 Å². The highest BCUT2D eigenvalue weighted by molar-refractivity contribution is 7.09. The lowest BCUT2D eigenvalue weighted by molar-refractivity contribution is 0.302. The molecular formula is C19H17Cl2NOS. The molecule has 0 aliphatic carbocycles. The smallest absolute Gasteiger partial charge is 0.124 e. The van der Waals surface area contributed by atoms with Gasteiger partial charge in [0.25, 0.3) is 0 Å². The number of halogens is 2. The van der Waals surface area contributed by atoms with Gasteiger partial charge >= 0.3 is 0 Å². The summed E-state index contributed by atoms with van der Waals surface area (Å²) in [6.45, 7) is 1.94. The van der Waals surface area contributed by atoms with Gasteiger partial charge < -0.3 is 10.1 Å². The molecular weight excluding hydrogens is 361 g/mol. The Labute approximate surface area is 156 Å². The molecule has 0 atom stereocenters. The molecule has 1 N–H and O–H groups in total. The van der Waals surface area contributed by atoms with Crippen molar-refractivity contribution in [3.63, 3.8) is 0 Å². The first kappa shape index (κ1) is 17.3. The summed E-state index contributed by atoms with van der Waals surface area (Å²) in [5, 5.41) is 6.77. The molecule has 0 saturated carbocycles. The minimum Gasteiger partial charge on any atom is -0.488 e. The van der Waals surface area contributed by atoms with Crippen LogP contribution in [-0.2, 0) is 19.7 Å². The van der Waals surface area contributed by atoms with Crippen LogP contribution in [0.2, 0.25) is 10.0 Å². The second kappa shape index (κ2) is 8.54. The average Bonchev–Trinajstić information content (AvgIpc) is 3.09. The number of thiophene rings is 1. The topological polar surface area (TPSA) is 21.3 Å². The maximum Gasteiger partial charge on any atom is 0.124 e. The second-order valence-corrected chi connectivity index (χ2v) is 7.13. The number of benzene rings is 2. The first-order valence-corrected chi connectivity index (χ1v) is 9.24. The third kappa shape index (κ3) is 4.52. The van der Waals surface area contributed by atoms with Crippen molar-refractivity contribution < 1.29 is 4.74 Å². The highest BCUT2D eigenvalue weighted by Crippen LogP contribution is 2.27. The van der Waals surface area contributed by atoms with Crippen molar-refractivity contribution in [2.75, 3.05) is 0 Å². The number of hydrogen-bond acceptors (Lipinski definition) is 3. The Balaban J connectivity index is 1.63. The fourth-order valence-corrected chi connectivity index (χ4v) is 3.53. The van der Waals surface area contributed by atoms with Crippen molar-refractivity contribution in [2.45, 2.75) is 19.7 Å². The Morgan fingerprint density at radius 1 is 0.875 bits per heavy atom. The summed E-state index contributed by atoms with van der Waals surface area (Å²) in [5.74, 6) is 0.840. The van der Waals surface area contributed by atoms with Crippen molar-refractivity contribution in [2.24, 2.45) is 0 Å². The van der Waals surface area contributed by atoms with Gasteiger partial charge in [0.15, 0.2) is 0 Å². The van der Waals surface area contributed by atoms with Crippen LogP contribution in [0, 0.1) is 0 Å². The molecule has 2 nitrogen and oxygen atoms in total. The van der Waals surface area contributed by atoms with E-state index in [1.807, 2.05) is 36.4 Å². The normalized spacial score (nSPS) is 10.8. The molecule has 0 aliphatic heterocycles. The predicted molar refractivity (Wildman–Crippen MR) is 102 cm³/mol. The van der Waals surface area contributed by atoms with Gasteiger partial charge in [-0.05, 0) is 29.6 Å². The standard InChI is InChI=1S/C19H17Cl2NOS/c20-17-7-3-8-18(21)16(17)13-23-19-9-2-1-5-14(19)11-22-12-15-6-4-10-24-15/h1-10,22H,11-13H2. The molecule has 0 fully saturated rings. The van der Waals surface area contributed by atoms with E-state index in [4.69, 9.17) is 27.9 Å². The van der Waals surface area contributed by atoms with Crippen LogP contribution in [-0.4, -0.2) is 0 Å². The Morgan fingerprint density at radius 3 is 2.42 bits per heavy atom. The molecule has 1 aromatic heterocycles. The third-order valence-electron chi connectivity index (χ3n) is 3.60. The lowest BCUT2D eigenvalue weighted by Crippen LogP contribution is -2.13. The molecule has 0 saturated heterocycles. The summed E-state index contributed by atoms with van der Waals surface area (Å²) in [5.41, 5.74) is 1.92. The van der Waals surface area contributed by atoms with Gasteiger partial charge in [0.2, 0.25) is 0 Å². The zero-order valence-electron chi connectivity index (χ0n) is 13.0. The van der Waals surface area contributed by atoms with E-state index in [-0.39, 0.29) is 0 Å². The predicted octanol–water partition coefficient (Wildman–Crippen LogP) is 5.92. The maximum absolute atomic E-state index is 6.20. The highest BCUT2D eigenvalue weighted by Gasteiger charge is 2.08. The van der Waals surface area contributed by atoms with Gasteiger partial charge in [-0.25, -0.2) is 0 Å². The maximum atomic E-state index is 6.20. The van der Waals surface area contributed by atoms with Crippen molar-refractivity contribution >= 4 is 34.5 Å². The summed E-state index contributed by atoms with van der Waals surface area (Å²) < 4.78 is 5.97. The zero-order chi connectivity index (χ0) is 16.8. The van der Waals surface area contributed by atoms with Gasteiger partial charge in [-0.2, -0.15) is 0 Å². The monoisotopic (exact) mass is 377 g/mol. The quantitative estimate of drug-likeness (QED) is 0.551. The van der Waals surface area contributed by atoms with Crippen LogP contribution in [0.3, 0.4) is 0 Å². The Kier molecular flexibility index (Phi) is 6.16. The zero-order valence-corrected chi connectivity index (χ0v) is 15.3. The summed E-state index contributed by atoms with van der Waals surface area (Å²) in [6.07, 6.45) is 0. The van der Waals surface area contributed by atoms with Crippen molar-refractivity contribution in [1.29, 1.82) is 0 Å². The van der Waals surface area contributed by atoms with E-state index in [1.165, 1.54) is 4.88 Å². The molecule has 0 spiro atoms. The van der Waals surface area contributed by atoms with Crippen LogP contribution in [0.5, 0.6) is 5.75 Å². The molecule has 0 radical (unpaired) electrons. The van der Waals surface area contributed by atoms with Gasteiger partial charge in [-0.15, -0.1) is 11.3 Å². The van der Waals surface area contributed by atoms with E-state index in [0.717, 1.165) is 30.0 Å². The number of hydrogen-bond donors (Lipinski definition) is 1. The van der Waals surface area contributed by atoms with Crippen molar-refractivity contribution in [3.05, 3.63) is 86.0 Å². The summed E-state index contributed by atoms with van der Waals surface area (Å²) in [6, 6.07) is 17.7. The molecule has 3 rings (SSSR count). The summed E-state index contributed by atoms with van der Waals surface area (Å²) in [7, 11) is 0. The van der Waals surface area contributed by atoms with E-state index in [9.17, 15) is 0 Å². The van der Waals surface area contributed by atoms with Crippen LogP contribution < -0.4 is 10.1 Å². The molecule has 0 bridgehead atoms. The minimum absolute atomic E-state index is 0.348. The molecule has 24 heavy (non-hydrogen) atoms. The van der Waals surface area contributed by atoms with Gasteiger partial charge in [0.1, 0.15) is 12.4 Å². The first-order valence-electron chi connectivity index (χ1n) is 7.61. The molecule has 2 aromatic carbocycles. The summed E-state index contributed by atoms with van der Waals surface area (Å²) >= 11 is 14.2. The molecule has 0 unspecified atom stereocenters. The number of nitrogens with one attached hydrogen (secondary N) is 1. The van der Waals surface area contributed by atoms with E-state index >= 15 is 0 Å². The Bertz CT molecular complexity index is 770. The second-order valence-electron chi connectivity index (χ2n) is 5.28. The molecule has 0 aliphatic rings. The number of para-hydroxylation sites is 1. The highest BCUT2D eigenvalue weighted by atomic mass is 35.5. The van der Waals surface area contributed by atoms with Gasteiger partial charge in [-0.3, -0.25) is 0 Å². The first-order chi connectivity index (χ1) is 11.7. The Hall–Kier alpha value is -1.52. The summed E-state index contributed by atoms with van der Waals surface area (Å²) in [4.78, 5) is 1.32. The molecule has 0 amide bonds. The molecule has 124 valence electrons. The number of ether oxygens (including phenoxy) is 1. The van der Waals surface area contributed by atoms with Crippen molar-refractivity contribution in [3.8, 4) is 5.75 Å². The van der Waals surface area contributed by atoms with E-state index in [2.05, 4.69) is 28.9 Å². The van der Waals surface area contributed by atoms with Crippen LogP contribution in [0.4, 0.5) is 0 Å². The fraction of sp³-hybridized carbons (Fsp3) is 0.158. The van der Waals surface area contributed by atoms with Gasteiger partial charge in [0, 0.05) is 39.1 Å². The minimum atomic E-state index is 0.348. The van der Waals surface area contributed by atoms with Gasteiger partial charge in [-0.1, -0.05) is 53.5 Å².